The smallest absolute Gasteiger partial charge is 0.0803 e. The lowest BCUT2D eigenvalue weighted by Crippen LogP contribution is -2.22. The van der Waals surface area contributed by atoms with Crippen LogP contribution in [0.4, 0.5) is 0 Å². The monoisotopic (exact) mass is 143 g/mol. The van der Waals surface area contributed by atoms with Crippen molar-refractivity contribution in [2.24, 2.45) is 5.73 Å². The molecule has 0 spiro atoms. The molecule has 0 aromatic carbocycles. The highest BCUT2D eigenvalue weighted by Gasteiger charge is 2.11. The molecule has 0 atom stereocenters. The molecule has 0 saturated heterocycles. The molecule has 0 unspecified atom stereocenters. The molecule has 0 heterocycles. The highest BCUT2D eigenvalue weighted by Crippen LogP contribution is 2.09. The van der Waals surface area contributed by atoms with Crippen LogP contribution in [0.15, 0.2) is 12.7 Å². The first-order valence-electron chi connectivity index (χ1n) is 3.60. The van der Waals surface area contributed by atoms with Crippen molar-refractivity contribution in [2.75, 3.05) is 13.2 Å². The summed E-state index contributed by atoms with van der Waals surface area (Å²) < 4.78 is 5.42. The van der Waals surface area contributed by atoms with E-state index in [2.05, 4.69) is 6.58 Å². The summed E-state index contributed by atoms with van der Waals surface area (Å²) in [7, 11) is 0. The minimum absolute atomic E-state index is 0.199. The van der Waals surface area contributed by atoms with Crippen LogP contribution in [0.1, 0.15) is 20.3 Å². The lowest BCUT2D eigenvalue weighted by molar-refractivity contribution is 0.0195. The zero-order valence-electron chi connectivity index (χ0n) is 6.89. The van der Waals surface area contributed by atoms with E-state index in [9.17, 15) is 0 Å². The van der Waals surface area contributed by atoms with E-state index in [-0.39, 0.29) is 5.60 Å². The lowest BCUT2D eigenvalue weighted by Gasteiger charge is -2.20. The van der Waals surface area contributed by atoms with Gasteiger partial charge in [-0.05, 0) is 26.8 Å². The molecule has 0 aromatic heterocycles. The maximum atomic E-state index is 5.42. The molecule has 0 bridgehead atoms. The molecule has 60 valence electrons. The second kappa shape index (κ2) is 4.47. The average molecular weight is 143 g/mol. The molecule has 0 aromatic rings. The van der Waals surface area contributed by atoms with E-state index in [0.29, 0.717) is 6.54 Å². The fourth-order valence-corrected chi connectivity index (χ4v) is 0.477. The van der Waals surface area contributed by atoms with Gasteiger partial charge in [-0.15, -0.1) is 6.58 Å². The number of hydrogen-bond acceptors (Lipinski definition) is 2. The van der Waals surface area contributed by atoms with Gasteiger partial charge in [0.05, 0.1) is 5.60 Å². The Morgan fingerprint density at radius 1 is 1.60 bits per heavy atom. The largest absolute Gasteiger partial charge is 0.371 e. The van der Waals surface area contributed by atoms with Crippen molar-refractivity contribution >= 4 is 0 Å². The minimum Gasteiger partial charge on any atom is -0.371 e. The number of nitrogens with two attached hydrogens (primary N) is 1. The molecule has 0 radical (unpaired) electrons. The van der Waals surface area contributed by atoms with Crippen molar-refractivity contribution in [3.8, 4) is 0 Å². The van der Waals surface area contributed by atoms with Gasteiger partial charge in [0.1, 0.15) is 0 Å². The van der Waals surface area contributed by atoms with Gasteiger partial charge >= 0.3 is 0 Å². The average Bonchev–Trinajstić information content (AvgIpc) is 1.89. The predicted octanol–water partition coefficient (Wildman–Crippen LogP) is 1.32. The normalized spacial score (nSPS) is 11.5. The van der Waals surface area contributed by atoms with Gasteiger partial charge < -0.3 is 10.5 Å². The maximum Gasteiger partial charge on any atom is 0.0803 e. The molecule has 0 amide bonds. The summed E-state index contributed by atoms with van der Waals surface area (Å²) in [6.07, 6.45) is 2.71. The Balaban J connectivity index is 3.37. The van der Waals surface area contributed by atoms with Crippen LogP contribution in [0.25, 0.3) is 0 Å². The first-order chi connectivity index (χ1) is 4.62. The highest BCUT2D eigenvalue weighted by atomic mass is 16.5. The van der Waals surface area contributed by atoms with Gasteiger partial charge in [0.2, 0.25) is 0 Å². The molecule has 0 aliphatic heterocycles. The van der Waals surface area contributed by atoms with Crippen molar-refractivity contribution in [3.05, 3.63) is 12.7 Å². The molecule has 0 saturated carbocycles. The van der Waals surface area contributed by atoms with Gasteiger partial charge in [0.25, 0.3) is 0 Å². The van der Waals surface area contributed by atoms with Crippen LogP contribution in [0, 0.1) is 0 Å². The van der Waals surface area contributed by atoms with E-state index in [1.807, 2.05) is 13.8 Å². The predicted molar refractivity (Wildman–Crippen MR) is 43.9 cm³/mol. The number of rotatable bonds is 5. The lowest BCUT2D eigenvalue weighted by atomic mass is 10.1. The molecule has 2 heteroatoms. The fourth-order valence-electron chi connectivity index (χ4n) is 0.477. The van der Waals surface area contributed by atoms with Gasteiger partial charge in [-0.1, -0.05) is 6.08 Å². The molecular formula is C8H17NO. The molecule has 2 N–H and O–H groups in total. The zero-order valence-corrected chi connectivity index (χ0v) is 6.89. The van der Waals surface area contributed by atoms with E-state index < -0.39 is 0 Å². The Kier molecular flexibility index (Phi) is 4.32. The van der Waals surface area contributed by atoms with Crippen LogP contribution in [-0.2, 0) is 4.74 Å². The van der Waals surface area contributed by atoms with E-state index in [0.717, 1.165) is 13.0 Å². The summed E-state index contributed by atoms with van der Waals surface area (Å²) in [5.41, 5.74) is 5.09. The van der Waals surface area contributed by atoms with Crippen LogP contribution in [-0.4, -0.2) is 18.8 Å². The maximum absolute atomic E-state index is 5.42. The Hall–Kier alpha value is -0.340. The molecule has 0 aliphatic carbocycles. The molecule has 0 aliphatic rings. The van der Waals surface area contributed by atoms with Crippen molar-refractivity contribution in [2.45, 2.75) is 25.9 Å². The third kappa shape index (κ3) is 4.53. The van der Waals surface area contributed by atoms with Crippen molar-refractivity contribution in [3.63, 3.8) is 0 Å². The van der Waals surface area contributed by atoms with Crippen LogP contribution in [0.3, 0.4) is 0 Å². The SMILES string of the molecule is C=CC(C)(C)OCCCN. The fraction of sp³-hybridized carbons (Fsp3) is 0.750. The third-order valence-corrected chi connectivity index (χ3v) is 1.31. The van der Waals surface area contributed by atoms with Crippen LogP contribution in [0.2, 0.25) is 0 Å². The highest BCUT2D eigenvalue weighted by molar-refractivity contribution is 4.89. The van der Waals surface area contributed by atoms with E-state index in [1.165, 1.54) is 0 Å². The number of ether oxygens (including phenoxy) is 1. The summed E-state index contributed by atoms with van der Waals surface area (Å²) in [5.74, 6) is 0. The molecule has 0 fully saturated rings. The summed E-state index contributed by atoms with van der Waals surface area (Å²) >= 11 is 0. The van der Waals surface area contributed by atoms with Crippen LogP contribution >= 0.6 is 0 Å². The van der Waals surface area contributed by atoms with Crippen LogP contribution in [0.5, 0.6) is 0 Å². The van der Waals surface area contributed by atoms with Crippen LogP contribution < -0.4 is 5.73 Å². The van der Waals surface area contributed by atoms with Gasteiger partial charge in [-0.25, -0.2) is 0 Å². The molecule has 0 rings (SSSR count). The molecule has 2 nitrogen and oxygen atoms in total. The van der Waals surface area contributed by atoms with Crippen molar-refractivity contribution in [1.82, 2.24) is 0 Å². The van der Waals surface area contributed by atoms with Gasteiger partial charge in [-0.2, -0.15) is 0 Å². The second-order valence-electron chi connectivity index (χ2n) is 2.80. The van der Waals surface area contributed by atoms with E-state index >= 15 is 0 Å². The van der Waals surface area contributed by atoms with Gasteiger partial charge in [0.15, 0.2) is 0 Å². The molecular weight excluding hydrogens is 126 g/mol. The first kappa shape index (κ1) is 9.66. The van der Waals surface area contributed by atoms with E-state index in [1.54, 1.807) is 6.08 Å². The first-order valence-corrected chi connectivity index (χ1v) is 3.60. The second-order valence-corrected chi connectivity index (χ2v) is 2.80. The Morgan fingerprint density at radius 3 is 2.60 bits per heavy atom. The summed E-state index contributed by atoms with van der Waals surface area (Å²) in [4.78, 5) is 0. The third-order valence-electron chi connectivity index (χ3n) is 1.31. The standard InChI is InChI=1S/C8H17NO/c1-4-8(2,3)10-7-5-6-9/h4H,1,5-7,9H2,2-3H3. The minimum atomic E-state index is -0.199. The number of hydrogen-bond donors (Lipinski definition) is 1. The summed E-state index contributed by atoms with van der Waals surface area (Å²) in [5, 5.41) is 0. The Bertz CT molecular complexity index is 99.4. The van der Waals surface area contributed by atoms with Crippen molar-refractivity contribution in [1.29, 1.82) is 0 Å². The topological polar surface area (TPSA) is 35.2 Å². The van der Waals surface area contributed by atoms with Gasteiger partial charge in [-0.3, -0.25) is 0 Å². The quantitative estimate of drug-likeness (QED) is 0.465. The van der Waals surface area contributed by atoms with Crippen molar-refractivity contribution < 1.29 is 4.74 Å². The molecule has 10 heavy (non-hydrogen) atoms. The van der Waals surface area contributed by atoms with E-state index in [4.69, 9.17) is 10.5 Å². The summed E-state index contributed by atoms with van der Waals surface area (Å²) in [6.45, 7) is 9.03. The van der Waals surface area contributed by atoms with Gasteiger partial charge in [0, 0.05) is 6.61 Å². The zero-order chi connectivity index (χ0) is 8.04. The Labute approximate surface area is 63.1 Å². The summed E-state index contributed by atoms with van der Waals surface area (Å²) in [6, 6.07) is 0. The Morgan fingerprint density at radius 2 is 2.20 bits per heavy atom.